The number of hydrogen-bond donors (Lipinski definition) is 5. The van der Waals surface area contributed by atoms with Crippen LogP contribution in [0.4, 0.5) is 0 Å². The number of fused-ring (bicyclic) bond motifs is 1. The van der Waals surface area contributed by atoms with Crippen LogP contribution in [0, 0.1) is 5.92 Å². The van der Waals surface area contributed by atoms with E-state index in [-0.39, 0.29) is 29.3 Å². The standard InChI is InChI=1S/C20H30BN5O5/c1-12(24-20(22)23)26-9-7-13(8-10-26)5-6-17(27)25-16-11-14-3-2-4-15(19(28)29)18(14)31-21(16)30/h2-4,12-13,16,30H,5-11H2,1H3,(H,25,27)(H,28,29)(H4,22,23,24). The summed E-state index contributed by atoms with van der Waals surface area (Å²) in [7, 11) is -1.29. The first-order chi connectivity index (χ1) is 14.7. The highest BCUT2D eigenvalue weighted by molar-refractivity contribution is 6.47. The number of aromatic carboxylic acids is 1. The molecular weight excluding hydrogens is 401 g/mol. The minimum Gasteiger partial charge on any atom is -0.534 e. The molecule has 31 heavy (non-hydrogen) atoms. The molecule has 10 nitrogen and oxygen atoms in total. The summed E-state index contributed by atoms with van der Waals surface area (Å²) in [5.74, 6) is -1.20. The zero-order valence-corrected chi connectivity index (χ0v) is 17.7. The van der Waals surface area contributed by atoms with Crippen LogP contribution in [0.25, 0.3) is 0 Å². The molecule has 1 fully saturated rings. The number of nitrogens with zero attached hydrogens (tertiary/aromatic N) is 2. The van der Waals surface area contributed by atoms with Crippen molar-refractivity contribution in [3.05, 3.63) is 29.3 Å². The number of carboxylic acids is 1. The van der Waals surface area contributed by atoms with Gasteiger partial charge in [0.05, 0.1) is 11.5 Å². The van der Waals surface area contributed by atoms with Gasteiger partial charge in [0.15, 0.2) is 5.96 Å². The molecule has 2 aliphatic rings. The Morgan fingerprint density at radius 2 is 2.06 bits per heavy atom. The van der Waals surface area contributed by atoms with Crippen molar-refractivity contribution >= 4 is 25.0 Å². The summed E-state index contributed by atoms with van der Waals surface area (Å²) in [6.07, 6.45) is 3.33. The van der Waals surface area contributed by atoms with Gasteiger partial charge >= 0.3 is 13.1 Å². The number of hydrogen-bond acceptors (Lipinski definition) is 6. The predicted molar refractivity (Wildman–Crippen MR) is 116 cm³/mol. The molecule has 0 aromatic heterocycles. The van der Waals surface area contributed by atoms with Gasteiger partial charge in [0.1, 0.15) is 11.9 Å². The maximum atomic E-state index is 12.5. The van der Waals surface area contributed by atoms with Crippen LogP contribution in [0.3, 0.4) is 0 Å². The van der Waals surface area contributed by atoms with E-state index in [0.29, 0.717) is 24.3 Å². The molecule has 1 saturated heterocycles. The molecule has 1 aromatic carbocycles. The third-order valence-electron chi connectivity index (χ3n) is 5.99. The molecule has 1 aromatic rings. The lowest BCUT2D eigenvalue weighted by Gasteiger charge is -2.34. The van der Waals surface area contributed by atoms with Crippen LogP contribution in [0.5, 0.6) is 5.75 Å². The second-order valence-corrected chi connectivity index (χ2v) is 8.19. The van der Waals surface area contributed by atoms with Gasteiger partial charge in [0.2, 0.25) is 5.91 Å². The molecule has 0 aliphatic carbocycles. The van der Waals surface area contributed by atoms with Gasteiger partial charge in [-0.15, -0.1) is 0 Å². The van der Waals surface area contributed by atoms with Gasteiger partial charge in [-0.25, -0.2) is 9.79 Å². The zero-order chi connectivity index (χ0) is 22.5. The summed E-state index contributed by atoms with van der Waals surface area (Å²) in [6.45, 7) is 3.72. The fourth-order valence-electron chi connectivity index (χ4n) is 4.24. The van der Waals surface area contributed by atoms with Crippen molar-refractivity contribution in [3.63, 3.8) is 0 Å². The number of aliphatic imine (C=N–C) groups is 1. The van der Waals surface area contributed by atoms with Crippen molar-refractivity contribution in [3.8, 4) is 5.75 Å². The summed E-state index contributed by atoms with van der Waals surface area (Å²) in [6, 6.07) is 4.79. The molecule has 7 N–H and O–H groups in total. The lowest BCUT2D eigenvalue weighted by molar-refractivity contribution is -0.121. The maximum Gasteiger partial charge on any atom is 0.547 e. The zero-order valence-electron chi connectivity index (χ0n) is 17.7. The Hall–Kier alpha value is -2.79. The van der Waals surface area contributed by atoms with Crippen molar-refractivity contribution in [1.29, 1.82) is 0 Å². The first kappa shape index (κ1) is 22.9. The number of benzene rings is 1. The van der Waals surface area contributed by atoms with Gasteiger partial charge in [-0.1, -0.05) is 12.1 Å². The number of nitrogens with two attached hydrogens (primary N) is 2. The molecule has 0 saturated carbocycles. The van der Waals surface area contributed by atoms with Crippen molar-refractivity contribution in [1.82, 2.24) is 10.2 Å². The third-order valence-corrected chi connectivity index (χ3v) is 5.99. The molecule has 2 atom stereocenters. The van der Waals surface area contributed by atoms with E-state index in [0.717, 1.165) is 32.4 Å². The summed E-state index contributed by atoms with van der Waals surface area (Å²) < 4.78 is 5.42. The molecule has 2 heterocycles. The van der Waals surface area contributed by atoms with Gasteiger partial charge in [-0.3, -0.25) is 9.69 Å². The van der Waals surface area contributed by atoms with Gasteiger partial charge in [0.25, 0.3) is 0 Å². The second kappa shape index (κ2) is 10.0. The molecule has 168 valence electrons. The van der Waals surface area contributed by atoms with Crippen molar-refractivity contribution in [2.75, 3.05) is 13.1 Å². The fourth-order valence-corrected chi connectivity index (χ4v) is 4.24. The Morgan fingerprint density at radius 1 is 1.35 bits per heavy atom. The lowest BCUT2D eigenvalue weighted by atomic mass is 9.72. The Kier molecular flexibility index (Phi) is 7.39. The normalized spacial score (nSPS) is 20.3. The molecule has 2 aliphatic heterocycles. The summed E-state index contributed by atoms with van der Waals surface area (Å²) in [5.41, 5.74) is 11.5. The number of guanidine groups is 1. The van der Waals surface area contributed by atoms with Crippen molar-refractivity contribution < 1.29 is 24.4 Å². The summed E-state index contributed by atoms with van der Waals surface area (Å²) >= 11 is 0. The number of rotatable bonds is 7. The molecular formula is C20H30BN5O5. The highest BCUT2D eigenvalue weighted by Gasteiger charge is 2.37. The van der Waals surface area contributed by atoms with Crippen LogP contribution in [0.2, 0.25) is 0 Å². The van der Waals surface area contributed by atoms with E-state index in [1.54, 1.807) is 12.1 Å². The molecule has 0 radical (unpaired) electrons. The van der Waals surface area contributed by atoms with Crippen LogP contribution >= 0.6 is 0 Å². The average Bonchev–Trinajstić information content (AvgIpc) is 2.72. The third kappa shape index (κ3) is 5.89. The number of carbonyl (C=O) groups is 2. The van der Waals surface area contributed by atoms with E-state index in [1.165, 1.54) is 6.07 Å². The molecule has 0 spiro atoms. The quantitative estimate of drug-likeness (QED) is 0.228. The topological polar surface area (TPSA) is 163 Å². The fraction of sp³-hybridized carbons (Fsp3) is 0.550. The first-order valence-corrected chi connectivity index (χ1v) is 10.6. The Morgan fingerprint density at radius 3 is 2.71 bits per heavy atom. The number of para-hydroxylation sites is 1. The van der Waals surface area contributed by atoms with Crippen LogP contribution in [0.1, 0.15) is 48.5 Å². The van der Waals surface area contributed by atoms with Crippen molar-refractivity contribution in [2.45, 2.75) is 51.1 Å². The van der Waals surface area contributed by atoms with E-state index in [1.807, 2.05) is 6.92 Å². The van der Waals surface area contributed by atoms with Gasteiger partial charge in [-0.2, -0.15) is 0 Å². The predicted octanol–water partition coefficient (Wildman–Crippen LogP) is -0.0642. The van der Waals surface area contributed by atoms with Gasteiger partial charge in [0, 0.05) is 19.5 Å². The Bertz CT molecular complexity index is 839. The van der Waals surface area contributed by atoms with Gasteiger partial charge in [-0.05, 0) is 50.2 Å². The Balaban J connectivity index is 1.46. The molecule has 11 heteroatoms. The molecule has 2 unspecified atom stereocenters. The number of amides is 1. The van der Waals surface area contributed by atoms with E-state index < -0.39 is 19.0 Å². The highest BCUT2D eigenvalue weighted by atomic mass is 16.5. The van der Waals surface area contributed by atoms with Crippen LogP contribution in [0.15, 0.2) is 23.2 Å². The summed E-state index contributed by atoms with van der Waals surface area (Å²) in [4.78, 5) is 30.2. The maximum absolute atomic E-state index is 12.5. The smallest absolute Gasteiger partial charge is 0.534 e. The number of piperidine rings is 1. The Labute approximate surface area is 181 Å². The average molecular weight is 431 g/mol. The number of carbonyl (C=O) groups excluding carboxylic acids is 1. The first-order valence-electron chi connectivity index (χ1n) is 10.6. The number of likely N-dealkylation sites (tertiary alicyclic amines) is 1. The van der Waals surface area contributed by atoms with Gasteiger partial charge < -0.3 is 31.6 Å². The molecule has 3 rings (SSSR count). The largest absolute Gasteiger partial charge is 0.547 e. The minimum atomic E-state index is -1.29. The van der Waals surface area contributed by atoms with E-state index in [4.69, 9.17) is 16.1 Å². The second-order valence-electron chi connectivity index (χ2n) is 8.19. The summed E-state index contributed by atoms with van der Waals surface area (Å²) in [5, 5.41) is 22.4. The SMILES string of the molecule is CC(N=C(N)N)N1CCC(CCC(=O)NC2Cc3cccc(C(=O)O)c3OB2O)CC1. The lowest BCUT2D eigenvalue weighted by Crippen LogP contribution is -2.53. The number of nitrogens with one attached hydrogen (secondary N) is 1. The van der Waals surface area contributed by atoms with Crippen molar-refractivity contribution in [2.24, 2.45) is 22.4 Å². The van der Waals surface area contributed by atoms with E-state index in [9.17, 15) is 19.7 Å². The minimum absolute atomic E-state index is 0.00169. The number of carboxylic acid groups (broad SMARTS) is 1. The van der Waals surface area contributed by atoms with Crippen LogP contribution in [-0.4, -0.2) is 65.2 Å². The van der Waals surface area contributed by atoms with Crippen LogP contribution in [-0.2, 0) is 11.2 Å². The molecule has 0 bridgehead atoms. The monoisotopic (exact) mass is 431 g/mol. The molecule has 1 amide bonds. The highest BCUT2D eigenvalue weighted by Crippen LogP contribution is 2.30. The van der Waals surface area contributed by atoms with E-state index >= 15 is 0 Å². The van der Waals surface area contributed by atoms with Crippen LogP contribution < -0.4 is 21.4 Å². The van der Waals surface area contributed by atoms with E-state index in [2.05, 4.69) is 15.2 Å².